The second kappa shape index (κ2) is 12.5. The molecule has 178 valence electrons. The van der Waals surface area contributed by atoms with Crippen LogP contribution in [0.5, 0.6) is 5.75 Å². The third kappa shape index (κ3) is 8.52. The smallest absolute Gasteiger partial charge is 0.407 e. The second-order valence-electron chi connectivity index (χ2n) is 6.79. The number of hydrogen-bond donors (Lipinski definition) is 4. The van der Waals surface area contributed by atoms with Crippen LogP contribution in [0, 0.1) is 0 Å². The van der Waals surface area contributed by atoms with Gasteiger partial charge in [-0.15, -0.1) is 0 Å². The molecule has 0 aliphatic carbocycles. The number of ether oxygens (including phenoxy) is 2. The SMILES string of the molecule is COc1ccc(S(=O)(=O)CC(NC(=O)CNC(=O)OCc2ccccc2)C(=O)CNO)cc1. The molecule has 0 saturated heterocycles. The van der Waals surface area contributed by atoms with Crippen molar-refractivity contribution >= 4 is 27.6 Å². The Kier molecular flexibility index (Phi) is 9.79. The first-order valence-electron chi connectivity index (χ1n) is 9.75. The standard InChI is InChI=1S/C21H25N3O8S/c1-31-16-7-9-17(10-8-16)33(29,30)14-18(19(25)11-23-28)24-20(26)12-22-21(27)32-13-15-5-3-2-4-6-15/h2-10,18,23,28H,11-14H2,1H3,(H,22,27)(H,24,26). The number of amides is 2. The minimum atomic E-state index is -3.98. The molecule has 1 atom stereocenters. The molecule has 0 aliphatic rings. The van der Waals surface area contributed by atoms with Crippen molar-refractivity contribution in [1.82, 2.24) is 16.1 Å². The van der Waals surface area contributed by atoms with Crippen molar-refractivity contribution < 1.29 is 37.5 Å². The van der Waals surface area contributed by atoms with Gasteiger partial charge in [-0.1, -0.05) is 30.3 Å². The first-order chi connectivity index (χ1) is 15.7. The largest absolute Gasteiger partial charge is 0.497 e. The molecule has 0 radical (unpaired) electrons. The van der Waals surface area contributed by atoms with Crippen LogP contribution in [0.4, 0.5) is 4.79 Å². The number of carbonyl (C=O) groups excluding carboxylic acids is 3. The van der Waals surface area contributed by atoms with E-state index in [0.717, 1.165) is 5.56 Å². The Hall–Kier alpha value is -3.48. The molecule has 4 N–H and O–H groups in total. The predicted octanol–water partition coefficient (Wildman–Crippen LogP) is 0.428. The van der Waals surface area contributed by atoms with Gasteiger partial charge in [-0.3, -0.25) is 9.59 Å². The molecule has 1 unspecified atom stereocenters. The van der Waals surface area contributed by atoms with Crippen molar-refractivity contribution in [2.75, 3.05) is 26.0 Å². The summed E-state index contributed by atoms with van der Waals surface area (Å²) >= 11 is 0. The average Bonchev–Trinajstić information content (AvgIpc) is 2.81. The van der Waals surface area contributed by atoms with Gasteiger partial charge in [0.2, 0.25) is 5.91 Å². The number of Topliss-reactive ketones (excluding diaryl/α,β-unsaturated/α-hetero) is 1. The molecule has 2 rings (SSSR count). The Morgan fingerprint density at radius 1 is 1.00 bits per heavy atom. The molecule has 12 heteroatoms. The summed E-state index contributed by atoms with van der Waals surface area (Å²) in [5.41, 5.74) is 2.40. The molecular weight excluding hydrogens is 454 g/mol. The van der Waals surface area contributed by atoms with Crippen LogP contribution in [0.25, 0.3) is 0 Å². The van der Waals surface area contributed by atoms with Crippen molar-refractivity contribution in [2.45, 2.75) is 17.5 Å². The lowest BCUT2D eigenvalue weighted by molar-refractivity contribution is -0.127. The minimum absolute atomic E-state index is 0.00230. The summed E-state index contributed by atoms with van der Waals surface area (Å²) in [6, 6.07) is 12.9. The summed E-state index contributed by atoms with van der Waals surface area (Å²) in [5, 5.41) is 13.3. The molecule has 2 amide bonds. The Labute approximate surface area is 191 Å². The number of methoxy groups -OCH3 is 1. The van der Waals surface area contributed by atoms with Crippen LogP contribution in [-0.2, 0) is 30.8 Å². The van der Waals surface area contributed by atoms with Gasteiger partial charge in [0, 0.05) is 0 Å². The van der Waals surface area contributed by atoms with Gasteiger partial charge in [0.1, 0.15) is 24.9 Å². The topological polar surface area (TPSA) is 160 Å². The highest BCUT2D eigenvalue weighted by Crippen LogP contribution is 2.17. The van der Waals surface area contributed by atoms with Gasteiger partial charge < -0.3 is 25.3 Å². The number of benzene rings is 2. The fourth-order valence-electron chi connectivity index (χ4n) is 2.69. The number of nitrogens with one attached hydrogen (secondary N) is 3. The molecule has 0 spiro atoms. The summed E-state index contributed by atoms with van der Waals surface area (Å²) in [7, 11) is -2.54. The van der Waals surface area contributed by atoms with Crippen LogP contribution in [-0.4, -0.2) is 63.4 Å². The quantitative estimate of drug-likeness (QED) is 0.316. The number of rotatable bonds is 12. The number of ketones is 1. The van der Waals surface area contributed by atoms with Gasteiger partial charge in [-0.05, 0) is 29.8 Å². The molecule has 2 aromatic rings. The molecule has 0 bridgehead atoms. The van der Waals surface area contributed by atoms with E-state index in [1.807, 2.05) is 6.07 Å². The highest BCUT2D eigenvalue weighted by Gasteiger charge is 2.28. The van der Waals surface area contributed by atoms with Crippen LogP contribution in [0.2, 0.25) is 0 Å². The molecule has 33 heavy (non-hydrogen) atoms. The van der Waals surface area contributed by atoms with E-state index in [-0.39, 0.29) is 11.5 Å². The minimum Gasteiger partial charge on any atom is -0.497 e. The summed E-state index contributed by atoms with van der Waals surface area (Å²) in [6.45, 7) is -1.14. The highest BCUT2D eigenvalue weighted by molar-refractivity contribution is 7.91. The van der Waals surface area contributed by atoms with Crippen molar-refractivity contribution in [2.24, 2.45) is 0 Å². The number of hydrogen-bond acceptors (Lipinski definition) is 9. The molecule has 0 heterocycles. The third-order valence-corrected chi connectivity index (χ3v) is 6.15. The lowest BCUT2D eigenvalue weighted by Crippen LogP contribution is -2.50. The molecule has 0 aromatic heterocycles. The average molecular weight is 480 g/mol. The van der Waals surface area contributed by atoms with E-state index in [2.05, 4.69) is 10.6 Å². The molecule has 0 fully saturated rings. The van der Waals surface area contributed by atoms with E-state index in [9.17, 15) is 22.8 Å². The zero-order valence-corrected chi connectivity index (χ0v) is 18.6. The molecule has 11 nitrogen and oxygen atoms in total. The predicted molar refractivity (Wildman–Crippen MR) is 116 cm³/mol. The maximum atomic E-state index is 12.7. The normalized spacial score (nSPS) is 11.8. The summed E-state index contributed by atoms with van der Waals surface area (Å²) in [6.07, 6.45) is -0.861. The van der Waals surface area contributed by atoms with Crippen LogP contribution in [0.15, 0.2) is 59.5 Å². The molecule has 0 aliphatic heterocycles. The lowest BCUT2D eigenvalue weighted by atomic mass is 10.2. The van der Waals surface area contributed by atoms with Crippen LogP contribution in [0.3, 0.4) is 0 Å². The first-order valence-corrected chi connectivity index (χ1v) is 11.4. The maximum Gasteiger partial charge on any atom is 0.407 e. The lowest BCUT2D eigenvalue weighted by Gasteiger charge is -2.18. The third-order valence-electron chi connectivity index (χ3n) is 4.39. The Balaban J connectivity index is 1.95. The Bertz CT molecular complexity index is 1040. The zero-order chi connectivity index (χ0) is 24.3. The number of hydroxylamine groups is 1. The summed E-state index contributed by atoms with van der Waals surface area (Å²) < 4.78 is 35.4. The second-order valence-corrected chi connectivity index (χ2v) is 8.83. The first kappa shape index (κ1) is 25.8. The molecule has 0 saturated carbocycles. The van der Waals surface area contributed by atoms with Crippen LogP contribution < -0.4 is 20.9 Å². The van der Waals surface area contributed by atoms with E-state index in [1.54, 1.807) is 29.7 Å². The van der Waals surface area contributed by atoms with Crippen LogP contribution in [0.1, 0.15) is 5.56 Å². The maximum absolute atomic E-state index is 12.7. The van der Waals surface area contributed by atoms with Gasteiger partial charge in [0.15, 0.2) is 15.6 Å². The van der Waals surface area contributed by atoms with E-state index >= 15 is 0 Å². The fraction of sp³-hybridized carbons (Fsp3) is 0.286. The Morgan fingerprint density at radius 3 is 2.27 bits per heavy atom. The number of alkyl carbamates (subject to hydrolysis) is 1. The number of sulfone groups is 1. The van der Waals surface area contributed by atoms with Crippen molar-refractivity contribution in [3.05, 3.63) is 60.2 Å². The van der Waals surface area contributed by atoms with Gasteiger partial charge in [0.25, 0.3) is 0 Å². The molecular formula is C21H25N3O8S. The zero-order valence-electron chi connectivity index (χ0n) is 17.8. The van der Waals surface area contributed by atoms with E-state index in [4.69, 9.17) is 14.7 Å². The van der Waals surface area contributed by atoms with E-state index in [1.165, 1.54) is 31.4 Å². The van der Waals surface area contributed by atoms with E-state index in [0.29, 0.717) is 5.75 Å². The van der Waals surface area contributed by atoms with Gasteiger partial charge in [-0.2, -0.15) is 5.48 Å². The summed E-state index contributed by atoms with van der Waals surface area (Å²) in [4.78, 5) is 36.2. The van der Waals surface area contributed by atoms with Gasteiger partial charge >= 0.3 is 6.09 Å². The highest BCUT2D eigenvalue weighted by atomic mass is 32.2. The molecule has 2 aromatic carbocycles. The van der Waals surface area contributed by atoms with Crippen LogP contribution >= 0.6 is 0 Å². The van der Waals surface area contributed by atoms with E-state index < -0.39 is 52.5 Å². The van der Waals surface area contributed by atoms with Crippen molar-refractivity contribution in [1.29, 1.82) is 0 Å². The van der Waals surface area contributed by atoms with Crippen molar-refractivity contribution in [3.63, 3.8) is 0 Å². The Morgan fingerprint density at radius 2 is 1.67 bits per heavy atom. The van der Waals surface area contributed by atoms with Gasteiger partial charge in [-0.25, -0.2) is 13.2 Å². The fourth-order valence-corrected chi connectivity index (χ4v) is 4.14. The summed E-state index contributed by atoms with van der Waals surface area (Å²) in [5.74, 6) is -1.88. The monoisotopic (exact) mass is 479 g/mol. The number of carbonyl (C=O) groups is 3. The van der Waals surface area contributed by atoms with Crippen molar-refractivity contribution in [3.8, 4) is 5.75 Å². The van der Waals surface area contributed by atoms with Gasteiger partial charge in [0.05, 0.1) is 24.3 Å².